The molecule has 1 aromatic carbocycles. The summed E-state index contributed by atoms with van der Waals surface area (Å²) in [6, 6.07) is 5.21. The second kappa shape index (κ2) is 6.76. The molecular weight excluding hydrogens is 235 g/mol. The summed E-state index contributed by atoms with van der Waals surface area (Å²) in [6.07, 6.45) is 0.548. The SMILES string of the molecule is C=C(CCN)NC(Cc1ccccc1F)C(=O)O. The zero-order valence-electron chi connectivity index (χ0n) is 10.0. The minimum atomic E-state index is -1.04. The Labute approximate surface area is 105 Å². The maximum absolute atomic E-state index is 13.4. The van der Waals surface area contributed by atoms with Crippen LogP contribution in [0.25, 0.3) is 0 Å². The molecule has 0 amide bonds. The van der Waals surface area contributed by atoms with Crippen LogP contribution in [-0.4, -0.2) is 23.7 Å². The highest BCUT2D eigenvalue weighted by molar-refractivity contribution is 5.74. The minimum absolute atomic E-state index is 0.0611. The molecule has 1 aromatic rings. The van der Waals surface area contributed by atoms with E-state index in [0.717, 1.165) is 0 Å². The fraction of sp³-hybridized carbons (Fsp3) is 0.308. The number of hydrogen-bond donors (Lipinski definition) is 3. The molecule has 5 heteroatoms. The summed E-state index contributed by atoms with van der Waals surface area (Å²) in [5.74, 6) is -1.45. The molecule has 0 aliphatic carbocycles. The van der Waals surface area contributed by atoms with Crippen LogP contribution in [0.3, 0.4) is 0 Å². The monoisotopic (exact) mass is 252 g/mol. The van der Waals surface area contributed by atoms with Gasteiger partial charge >= 0.3 is 5.97 Å². The summed E-state index contributed by atoms with van der Waals surface area (Å²) in [7, 11) is 0. The molecule has 18 heavy (non-hydrogen) atoms. The van der Waals surface area contributed by atoms with E-state index in [1.165, 1.54) is 6.07 Å². The van der Waals surface area contributed by atoms with Crippen molar-refractivity contribution < 1.29 is 14.3 Å². The third kappa shape index (κ3) is 4.18. The first-order valence-corrected chi connectivity index (χ1v) is 5.65. The highest BCUT2D eigenvalue weighted by Crippen LogP contribution is 2.10. The molecule has 0 saturated carbocycles. The lowest BCUT2D eigenvalue weighted by Gasteiger charge is -2.17. The molecule has 0 bridgehead atoms. The van der Waals surface area contributed by atoms with Gasteiger partial charge in [-0.15, -0.1) is 0 Å². The molecule has 1 atom stereocenters. The number of halogens is 1. The smallest absolute Gasteiger partial charge is 0.326 e. The van der Waals surface area contributed by atoms with E-state index in [1.54, 1.807) is 18.2 Å². The molecule has 1 rings (SSSR count). The third-order valence-electron chi connectivity index (χ3n) is 2.50. The van der Waals surface area contributed by atoms with Crippen molar-refractivity contribution in [1.29, 1.82) is 0 Å². The van der Waals surface area contributed by atoms with E-state index in [4.69, 9.17) is 10.8 Å². The zero-order valence-corrected chi connectivity index (χ0v) is 10.0. The molecule has 0 aromatic heterocycles. The van der Waals surface area contributed by atoms with Crippen molar-refractivity contribution in [2.45, 2.75) is 18.9 Å². The Bertz CT molecular complexity index is 435. The Morgan fingerprint density at radius 3 is 2.72 bits per heavy atom. The number of hydrogen-bond acceptors (Lipinski definition) is 3. The summed E-state index contributed by atoms with van der Waals surface area (Å²) in [5, 5.41) is 11.8. The topological polar surface area (TPSA) is 75.3 Å². The van der Waals surface area contributed by atoms with Crippen molar-refractivity contribution in [3.05, 3.63) is 47.9 Å². The number of carbonyl (C=O) groups is 1. The van der Waals surface area contributed by atoms with Gasteiger partial charge in [-0.3, -0.25) is 0 Å². The van der Waals surface area contributed by atoms with E-state index < -0.39 is 17.8 Å². The molecule has 0 radical (unpaired) electrons. The van der Waals surface area contributed by atoms with Crippen LogP contribution in [0.2, 0.25) is 0 Å². The quantitative estimate of drug-likeness (QED) is 0.683. The van der Waals surface area contributed by atoms with Crippen LogP contribution in [-0.2, 0) is 11.2 Å². The number of carboxylic acids is 1. The average molecular weight is 252 g/mol. The molecule has 0 heterocycles. The highest BCUT2D eigenvalue weighted by atomic mass is 19.1. The van der Waals surface area contributed by atoms with Gasteiger partial charge < -0.3 is 16.2 Å². The van der Waals surface area contributed by atoms with Crippen LogP contribution in [0.4, 0.5) is 4.39 Å². The number of rotatable bonds is 7. The summed E-state index contributed by atoms with van der Waals surface area (Å²) in [5.41, 5.74) is 6.25. The van der Waals surface area contributed by atoms with Crippen molar-refractivity contribution in [3.8, 4) is 0 Å². The second-order valence-corrected chi connectivity index (χ2v) is 3.97. The fourth-order valence-corrected chi connectivity index (χ4v) is 1.58. The second-order valence-electron chi connectivity index (χ2n) is 3.97. The Morgan fingerprint density at radius 1 is 1.50 bits per heavy atom. The predicted octanol–water partition coefficient (Wildman–Crippen LogP) is 1.27. The van der Waals surface area contributed by atoms with Crippen LogP contribution in [0.5, 0.6) is 0 Å². The van der Waals surface area contributed by atoms with Crippen LogP contribution < -0.4 is 11.1 Å². The van der Waals surface area contributed by atoms with Crippen molar-refractivity contribution in [1.82, 2.24) is 5.32 Å². The molecule has 0 fully saturated rings. The van der Waals surface area contributed by atoms with Gasteiger partial charge in [0.05, 0.1) is 0 Å². The molecule has 98 valence electrons. The minimum Gasteiger partial charge on any atom is -0.480 e. The largest absolute Gasteiger partial charge is 0.480 e. The van der Waals surface area contributed by atoms with Gasteiger partial charge in [0.1, 0.15) is 11.9 Å². The highest BCUT2D eigenvalue weighted by Gasteiger charge is 2.19. The van der Waals surface area contributed by atoms with E-state index in [0.29, 0.717) is 24.2 Å². The van der Waals surface area contributed by atoms with Crippen molar-refractivity contribution in [2.75, 3.05) is 6.54 Å². The Hall–Kier alpha value is -1.88. The fourth-order valence-electron chi connectivity index (χ4n) is 1.58. The predicted molar refractivity (Wildman–Crippen MR) is 67.5 cm³/mol. The maximum atomic E-state index is 13.4. The Balaban J connectivity index is 2.72. The molecule has 4 nitrogen and oxygen atoms in total. The van der Waals surface area contributed by atoms with Crippen molar-refractivity contribution in [2.24, 2.45) is 5.73 Å². The van der Waals surface area contributed by atoms with Gasteiger partial charge in [0, 0.05) is 12.1 Å². The summed E-state index contributed by atoms with van der Waals surface area (Å²) < 4.78 is 13.4. The molecule has 4 N–H and O–H groups in total. The van der Waals surface area contributed by atoms with Crippen LogP contribution in [0, 0.1) is 5.82 Å². The van der Waals surface area contributed by atoms with E-state index in [9.17, 15) is 9.18 Å². The lowest BCUT2D eigenvalue weighted by atomic mass is 10.0. The van der Waals surface area contributed by atoms with Crippen molar-refractivity contribution in [3.63, 3.8) is 0 Å². The third-order valence-corrected chi connectivity index (χ3v) is 2.50. The van der Waals surface area contributed by atoms with E-state index in [2.05, 4.69) is 11.9 Å². The summed E-state index contributed by atoms with van der Waals surface area (Å²) in [6.45, 7) is 4.07. The number of nitrogens with one attached hydrogen (secondary N) is 1. The van der Waals surface area contributed by atoms with Gasteiger partial charge in [0.15, 0.2) is 0 Å². The summed E-state index contributed by atoms with van der Waals surface area (Å²) >= 11 is 0. The van der Waals surface area contributed by atoms with E-state index in [-0.39, 0.29) is 6.42 Å². The van der Waals surface area contributed by atoms with Gasteiger partial charge in [-0.2, -0.15) is 0 Å². The lowest BCUT2D eigenvalue weighted by molar-refractivity contribution is -0.139. The first-order chi connectivity index (χ1) is 8.54. The Morgan fingerprint density at radius 2 is 2.17 bits per heavy atom. The van der Waals surface area contributed by atoms with Gasteiger partial charge in [0.25, 0.3) is 0 Å². The number of nitrogens with two attached hydrogens (primary N) is 1. The lowest BCUT2D eigenvalue weighted by Crippen LogP contribution is -2.38. The Kier molecular flexibility index (Phi) is 5.32. The van der Waals surface area contributed by atoms with Crippen molar-refractivity contribution >= 4 is 5.97 Å². The number of aliphatic carboxylic acids is 1. The van der Waals surface area contributed by atoms with Crippen LogP contribution >= 0.6 is 0 Å². The maximum Gasteiger partial charge on any atom is 0.326 e. The van der Waals surface area contributed by atoms with E-state index >= 15 is 0 Å². The molecule has 0 saturated heterocycles. The molecule has 1 unspecified atom stereocenters. The number of carboxylic acid groups (broad SMARTS) is 1. The first kappa shape index (κ1) is 14.2. The van der Waals surface area contributed by atoms with Gasteiger partial charge in [-0.1, -0.05) is 24.8 Å². The van der Waals surface area contributed by atoms with Gasteiger partial charge in [0.2, 0.25) is 0 Å². The molecule has 0 aliphatic heterocycles. The standard InChI is InChI=1S/C13H17FN2O2/c1-9(6-7-15)16-12(13(17)18)8-10-4-2-3-5-11(10)14/h2-5,12,16H,1,6-8,15H2,(H,17,18). The zero-order chi connectivity index (χ0) is 13.5. The van der Waals surface area contributed by atoms with Crippen LogP contribution in [0.1, 0.15) is 12.0 Å². The molecule has 0 spiro atoms. The average Bonchev–Trinajstić information content (AvgIpc) is 2.31. The number of benzene rings is 1. The molecule has 0 aliphatic rings. The van der Waals surface area contributed by atoms with E-state index in [1.807, 2.05) is 0 Å². The first-order valence-electron chi connectivity index (χ1n) is 5.65. The van der Waals surface area contributed by atoms with Gasteiger partial charge in [-0.25, -0.2) is 9.18 Å². The van der Waals surface area contributed by atoms with Crippen LogP contribution in [0.15, 0.2) is 36.5 Å². The van der Waals surface area contributed by atoms with Gasteiger partial charge in [-0.05, 0) is 24.6 Å². The molecular formula is C13H17FN2O2. The summed E-state index contributed by atoms with van der Waals surface area (Å²) in [4.78, 5) is 11.1. The normalized spacial score (nSPS) is 11.9.